The summed E-state index contributed by atoms with van der Waals surface area (Å²) >= 11 is 0. The predicted molar refractivity (Wildman–Crippen MR) is 110 cm³/mol. The Morgan fingerprint density at radius 1 is 1.04 bits per heavy atom. The van der Waals surface area contributed by atoms with Crippen LogP contribution in [0.3, 0.4) is 0 Å². The van der Waals surface area contributed by atoms with Crippen molar-refractivity contribution in [1.82, 2.24) is 10.2 Å². The number of halogens is 1. The molecule has 6 heteroatoms. The van der Waals surface area contributed by atoms with E-state index >= 15 is 0 Å². The van der Waals surface area contributed by atoms with Crippen LogP contribution in [0.25, 0.3) is 0 Å². The third kappa shape index (κ3) is 4.94. The normalized spacial score (nSPS) is 14.1. The van der Waals surface area contributed by atoms with Gasteiger partial charge in [0.1, 0.15) is 11.6 Å². The first kappa shape index (κ1) is 20.0. The fourth-order valence-electron chi connectivity index (χ4n) is 3.44. The second-order valence-corrected chi connectivity index (χ2v) is 7.08. The van der Waals surface area contributed by atoms with E-state index in [-0.39, 0.29) is 11.8 Å². The highest BCUT2D eigenvalue weighted by Crippen LogP contribution is 2.22. The first-order chi connectivity index (χ1) is 13.6. The number of nitrogens with zero attached hydrogens (tertiary/aromatic N) is 2. The molecule has 2 aromatic rings. The summed E-state index contributed by atoms with van der Waals surface area (Å²) in [6.07, 6.45) is 0.745. The molecule has 5 nitrogen and oxygen atoms in total. The maximum absolute atomic E-state index is 13.9. The second-order valence-electron chi connectivity index (χ2n) is 7.08. The molecular formula is C22H28FN3O2. The van der Waals surface area contributed by atoms with Crippen molar-refractivity contribution in [2.75, 3.05) is 44.2 Å². The van der Waals surface area contributed by atoms with Crippen molar-refractivity contribution in [2.45, 2.75) is 20.3 Å². The standard InChI is InChI=1S/C22H28FN3O2/c1-17-7-5-8-18(2)21(17)28-16-6-11-24-22(27)26-14-12-25(13-15-26)20-10-4-3-9-19(20)23/h3-5,7-10H,6,11-16H2,1-2H3,(H,24,27). The van der Waals surface area contributed by atoms with Crippen LogP contribution in [0.4, 0.5) is 14.9 Å². The molecule has 0 aromatic heterocycles. The number of amides is 2. The minimum absolute atomic E-state index is 0.0692. The average molecular weight is 385 g/mol. The van der Waals surface area contributed by atoms with Gasteiger partial charge in [0.25, 0.3) is 0 Å². The van der Waals surface area contributed by atoms with Crippen LogP contribution in [0.5, 0.6) is 5.75 Å². The number of ether oxygens (including phenoxy) is 1. The smallest absolute Gasteiger partial charge is 0.317 e. The van der Waals surface area contributed by atoms with E-state index in [9.17, 15) is 9.18 Å². The third-order valence-corrected chi connectivity index (χ3v) is 5.01. The number of carbonyl (C=O) groups excluding carboxylic acids is 1. The van der Waals surface area contributed by atoms with Crippen LogP contribution in [0.1, 0.15) is 17.5 Å². The number of aryl methyl sites for hydroxylation is 2. The van der Waals surface area contributed by atoms with Crippen LogP contribution in [0.15, 0.2) is 42.5 Å². The number of carbonyl (C=O) groups is 1. The fraction of sp³-hybridized carbons (Fsp3) is 0.409. The van der Waals surface area contributed by atoms with Gasteiger partial charge in [-0.05, 0) is 43.5 Å². The van der Waals surface area contributed by atoms with E-state index in [0.29, 0.717) is 45.0 Å². The Balaban J connectivity index is 1.36. The molecule has 150 valence electrons. The molecule has 0 unspecified atom stereocenters. The lowest BCUT2D eigenvalue weighted by molar-refractivity contribution is 0.193. The minimum atomic E-state index is -0.218. The average Bonchev–Trinajstić information content (AvgIpc) is 2.70. The summed E-state index contributed by atoms with van der Waals surface area (Å²) in [5.74, 6) is 0.711. The summed E-state index contributed by atoms with van der Waals surface area (Å²) in [6, 6.07) is 12.8. The van der Waals surface area contributed by atoms with Gasteiger partial charge in [0.2, 0.25) is 0 Å². The van der Waals surface area contributed by atoms with Gasteiger partial charge in [0, 0.05) is 32.7 Å². The Kier molecular flexibility index (Phi) is 6.74. The highest BCUT2D eigenvalue weighted by atomic mass is 19.1. The Morgan fingerprint density at radius 3 is 2.39 bits per heavy atom. The van der Waals surface area contributed by atoms with Gasteiger partial charge in [0.15, 0.2) is 0 Å². The molecule has 28 heavy (non-hydrogen) atoms. The van der Waals surface area contributed by atoms with Gasteiger partial charge in [-0.15, -0.1) is 0 Å². The molecule has 1 aliphatic rings. The van der Waals surface area contributed by atoms with E-state index in [4.69, 9.17) is 4.74 Å². The fourth-order valence-corrected chi connectivity index (χ4v) is 3.44. The molecule has 1 N–H and O–H groups in total. The van der Waals surface area contributed by atoms with E-state index in [1.807, 2.05) is 43.0 Å². The maximum Gasteiger partial charge on any atom is 0.317 e. The zero-order valence-corrected chi connectivity index (χ0v) is 16.6. The van der Waals surface area contributed by atoms with Crippen molar-refractivity contribution >= 4 is 11.7 Å². The molecule has 0 radical (unpaired) electrons. The Hall–Kier alpha value is -2.76. The molecule has 0 spiro atoms. The molecule has 0 saturated carbocycles. The summed E-state index contributed by atoms with van der Waals surface area (Å²) in [6.45, 7) is 7.62. The number of para-hydroxylation sites is 2. The summed E-state index contributed by atoms with van der Waals surface area (Å²) < 4.78 is 19.8. The van der Waals surface area contributed by atoms with Gasteiger partial charge in [-0.2, -0.15) is 0 Å². The summed E-state index contributed by atoms with van der Waals surface area (Å²) in [5.41, 5.74) is 2.85. The zero-order chi connectivity index (χ0) is 19.9. The lowest BCUT2D eigenvalue weighted by Gasteiger charge is -2.36. The predicted octanol–water partition coefficient (Wildman–Crippen LogP) is 3.74. The SMILES string of the molecule is Cc1cccc(C)c1OCCCNC(=O)N1CCN(c2ccccc2F)CC1. The van der Waals surface area contributed by atoms with Crippen molar-refractivity contribution in [3.05, 3.63) is 59.4 Å². The summed E-state index contributed by atoms with van der Waals surface area (Å²) in [4.78, 5) is 16.1. The molecule has 0 atom stereocenters. The number of urea groups is 1. The van der Waals surface area contributed by atoms with Gasteiger partial charge in [-0.1, -0.05) is 30.3 Å². The van der Waals surface area contributed by atoms with E-state index in [0.717, 1.165) is 23.3 Å². The van der Waals surface area contributed by atoms with Gasteiger partial charge in [-0.25, -0.2) is 9.18 Å². The van der Waals surface area contributed by atoms with Crippen LogP contribution in [0.2, 0.25) is 0 Å². The molecular weight excluding hydrogens is 357 g/mol. The molecule has 2 amide bonds. The van der Waals surface area contributed by atoms with E-state index < -0.39 is 0 Å². The van der Waals surface area contributed by atoms with Crippen molar-refractivity contribution in [1.29, 1.82) is 0 Å². The topological polar surface area (TPSA) is 44.8 Å². The Morgan fingerprint density at radius 2 is 1.71 bits per heavy atom. The third-order valence-electron chi connectivity index (χ3n) is 5.01. The number of rotatable bonds is 6. The van der Waals surface area contributed by atoms with Gasteiger partial charge in [0.05, 0.1) is 12.3 Å². The lowest BCUT2D eigenvalue weighted by atomic mass is 10.1. The number of anilines is 1. The summed E-state index contributed by atoms with van der Waals surface area (Å²) in [7, 11) is 0. The molecule has 0 bridgehead atoms. The molecule has 1 aliphatic heterocycles. The van der Waals surface area contributed by atoms with Gasteiger partial charge < -0.3 is 19.9 Å². The van der Waals surface area contributed by atoms with Crippen LogP contribution >= 0.6 is 0 Å². The van der Waals surface area contributed by atoms with Crippen molar-refractivity contribution in [2.24, 2.45) is 0 Å². The number of benzene rings is 2. The van der Waals surface area contributed by atoms with Crippen molar-refractivity contribution < 1.29 is 13.9 Å². The molecule has 1 saturated heterocycles. The second kappa shape index (κ2) is 9.44. The highest BCUT2D eigenvalue weighted by molar-refractivity contribution is 5.74. The quantitative estimate of drug-likeness (QED) is 0.771. The number of nitrogens with one attached hydrogen (secondary N) is 1. The zero-order valence-electron chi connectivity index (χ0n) is 16.6. The van der Waals surface area contributed by atoms with Crippen LogP contribution in [-0.2, 0) is 0 Å². The number of hydrogen-bond donors (Lipinski definition) is 1. The molecule has 0 aliphatic carbocycles. The molecule has 1 fully saturated rings. The Bertz CT molecular complexity index is 784. The van der Waals surface area contributed by atoms with E-state index in [2.05, 4.69) is 5.32 Å². The largest absolute Gasteiger partial charge is 0.493 e. The van der Waals surface area contributed by atoms with Gasteiger partial charge >= 0.3 is 6.03 Å². The maximum atomic E-state index is 13.9. The van der Waals surface area contributed by atoms with Crippen molar-refractivity contribution in [3.63, 3.8) is 0 Å². The van der Waals surface area contributed by atoms with Crippen LogP contribution in [-0.4, -0.2) is 50.3 Å². The van der Waals surface area contributed by atoms with E-state index in [1.165, 1.54) is 6.07 Å². The van der Waals surface area contributed by atoms with Gasteiger partial charge in [-0.3, -0.25) is 0 Å². The molecule has 1 heterocycles. The lowest BCUT2D eigenvalue weighted by Crippen LogP contribution is -2.52. The first-order valence-corrected chi connectivity index (χ1v) is 9.77. The first-order valence-electron chi connectivity index (χ1n) is 9.77. The van der Waals surface area contributed by atoms with Crippen LogP contribution in [0, 0.1) is 19.7 Å². The van der Waals surface area contributed by atoms with E-state index in [1.54, 1.807) is 17.0 Å². The highest BCUT2D eigenvalue weighted by Gasteiger charge is 2.22. The number of hydrogen-bond acceptors (Lipinski definition) is 3. The monoisotopic (exact) mass is 385 g/mol. The Labute approximate surface area is 166 Å². The molecule has 3 rings (SSSR count). The minimum Gasteiger partial charge on any atom is -0.493 e. The summed E-state index contributed by atoms with van der Waals surface area (Å²) in [5, 5.41) is 2.95. The molecule has 2 aromatic carbocycles. The number of piperazine rings is 1. The van der Waals surface area contributed by atoms with Crippen LogP contribution < -0.4 is 15.0 Å². The van der Waals surface area contributed by atoms with Crippen molar-refractivity contribution in [3.8, 4) is 5.75 Å².